The van der Waals surface area contributed by atoms with E-state index in [1.165, 1.54) is 0 Å². The Bertz CT molecular complexity index is 3120. The molecule has 0 bridgehead atoms. The second-order valence-corrected chi connectivity index (χ2v) is 17.0. The predicted octanol–water partition coefficient (Wildman–Crippen LogP) is 15.8. The Balaban J connectivity index is 1.11. The fourth-order valence-electron chi connectivity index (χ4n) is 9.37. The molecule has 67 heavy (non-hydrogen) atoms. The standard InChI is InChI=1S/C59H38N4O4/c1-59(2)66-57-55(62-47-27-23-41(37-15-7-3-8-16-37)31-51(47)64-52-32-42(24-28-48(52)62)38-17-9-4-10-18-38)45(35-60)46(36-61)56(58(57)67-59)63-49-29-25-43(39-19-11-5-12-20-39)33-53(49)65-54-34-44(26-30-50(54)63)40-21-13-6-14-22-40/h3-34H,1-2H3. The van der Waals surface area contributed by atoms with Crippen molar-refractivity contribution < 1.29 is 18.9 Å². The molecule has 12 rings (SSSR count). The van der Waals surface area contributed by atoms with E-state index < -0.39 is 5.79 Å². The molecular weight excluding hydrogens is 829 g/mol. The molecule has 0 aliphatic carbocycles. The van der Waals surface area contributed by atoms with Crippen LogP contribution in [0.3, 0.4) is 0 Å². The summed E-state index contributed by atoms with van der Waals surface area (Å²) in [5.41, 5.74) is 11.5. The van der Waals surface area contributed by atoms with Crippen molar-refractivity contribution in [3.8, 4) is 91.1 Å². The van der Waals surface area contributed by atoms with Gasteiger partial charge in [0, 0.05) is 13.8 Å². The number of benzene rings is 9. The van der Waals surface area contributed by atoms with Crippen LogP contribution in [0.4, 0.5) is 34.1 Å². The summed E-state index contributed by atoms with van der Waals surface area (Å²) in [6, 6.07) is 69.6. The lowest BCUT2D eigenvalue weighted by molar-refractivity contribution is -0.0427. The normalized spacial score (nSPS) is 13.4. The van der Waals surface area contributed by atoms with Gasteiger partial charge >= 0.3 is 0 Å². The van der Waals surface area contributed by atoms with Crippen molar-refractivity contribution in [1.82, 2.24) is 0 Å². The highest BCUT2D eigenvalue weighted by atomic mass is 16.7. The number of ether oxygens (including phenoxy) is 4. The second kappa shape index (κ2) is 15.5. The molecule has 9 aromatic carbocycles. The SMILES string of the molecule is CC1(C)Oc2c(c(N3c4ccc(-c5ccccc5)cc4Oc4cc(-c5ccccc5)ccc43)c(C#N)c(C#N)c2N2c3ccc(-c4ccccc4)cc3Oc3cc(-c4ccccc4)ccc32)O1. The zero-order valence-electron chi connectivity index (χ0n) is 36.4. The van der Waals surface area contributed by atoms with Gasteiger partial charge in [-0.05, 0) is 93.0 Å². The molecule has 318 valence electrons. The van der Waals surface area contributed by atoms with Crippen LogP contribution in [-0.2, 0) is 0 Å². The molecule has 8 nitrogen and oxygen atoms in total. The van der Waals surface area contributed by atoms with Crippen molar-refractivity contribution >= 4 is 34.1 Å². The van der Waals surface area contributed by atoms with E-state index in [1.54, 1.807) is 0 Å². The van der Waals surface area contributed by atoms with Crippen molar-refractivity contribution in [3.63, 3.8) is 0 Å². The van der Waals surface area contributed by atoms with Gasteiger partial charge in [0.1, 0.15) is 34.6 Å². The highest BCUT2D eigenvalue weighted by Gasteiger charge is 2.45. The summed E-state index contributed by atoms with van der Waals surface area (Å²) in [6.07, 6.45) is 0. The molecule has 0 saturated carbocycles. The summed E-state index contributed by atoms with van der Waals surface area (Å²) in [6.45, 7) is 3.66. The number of fused-ring (bicyclic) bond motifs is 5. The van der Waals surface area contributed by atoms with Gasteiger partial charge in [0.25, 0.3) is 0 Å². The summed E-state index contributed by atoms with van der Waals surface area (Å²) >= 11 is 0. The molecule has 3 aliphatic rings. The Morgan fingerprint density at radius 3 is 0.881 bits per heavy atom. The van der Waals surface area contributed by atoms with Gasteiger partial charge < -0.3 is 18.9 Å². The number of hydrogen-bond acceptors (Lipinski definition) is 8. The van der Waals surface area contributed by atoms with E-state index >= 15 is 0 Å². The lowest BCUT2D eigenvalue weighted by Crippen LogP contribution is -2.30. The maximum atomic E-state index is 11.5. The van der Waals surface area contributed by atoms with Crippen molar-refractivity contribution in [1.29, 1.82) is 10.5 Å². The van der Waals surface area contributed by atoms with Gasteiger partial charge in [-0.2, -0.15) is 10.5 Å². The van der Waals surface area contributed by atoms with E-state index in [1.807, 2.05) is 169 Å². The minimum atomic E-state index is -1.20. The lowest BCUT2D eigenvalue weighted by atomic mass is 9.96. The first kappa shape index (κ1) is 39.4. The van der Waals surface area contributed by atoms with Crippen molar-refractivity contribution in [2.45, 2.75) is 19.6 Å². The third-order valence-corrected chi connectivity index (χ3v) is 12.4. The van der Waals surface area contributed by atoms with E-state index in [-0.39, 0.29) is 11.1 Å². The zero-order valence-corrected chi connectivity index (χ0v) is 36.4. The molecule has 0 spiro atoms. The number of nitriles is 2. The molecule has 0 atom stereocenters. The second-order valence-electron chi connectivity index (χ2n) is 17.0. The molecule has 0 N–H and O–H groups in total. The molecule has 0 fully saturated rings. The first-order valence-corrected chi connectivity index (χ1v) is 22.0. The molecule has 3 aliphatic heterocycles. The summed E-state index contributed by atoms with van der Waals surface area (Å²) in [7, 11) is 0. The van der Waals surface area contributed by atoms with Gasteiger partial charge in [-0.25, -0.2) is 0 Å². The first-order chi connectivity index (χ1) is 32.9. The minimum Gasteiger partial charge on any atom is -0.453 e. The van der Waals surface area contributed by atoms with Gasteiger partial charge in [-0.3, -0.25) is 9.80 Å². The monoisotopic (exact) mass is 866 g/mol. The van der Waals surface area contributed by atoms with Crippen LogP contribution in [-0.4, -0.2) is 5.79 Å². The van der Waals surface area contributed by atoms with Crippen LogP contribution in [0, 0.1) is 22.7 Å². The van der Waals surface area contributed by atoms with E-state index in [0.717, 1.165) is 44.5 Å². The van der Waals surface area contributed by atoms with E-state index in [0.29, 0.717) is 68.6 Å². The molecule has 0 amide bonds. The fraction of sp³-hybridized carbons (Fsp3) is 0.0508. The van der Waals surface area contributed by atoms with Crippen LogP contribution < -0.4 is 28.7 Å². The Labute approximate surface area is 387 Å². The smallest absolute Gasteiger partial charge is 0.246 e. The molecular formula is C59H38N4O4. The summed E-state index contributed by atoms with van der Waals surface area (Å²) in [5, 5.41) is 23.1. The molecule has 9 aromatic rings. The van der Waals surface area contributed by atoms with Crippen molar-refractivity contribution in [2.24, 2.45) is 0 Å². The zero-order chi connectivity index (χ0) is 45.2. The maximum Gasteiger partial charge on any atom is 0.246 e. The van der Waals surface area contributed by atoms with Gasteiger partial charge in [-0.15, -0.1) is 0 Å². The highest BCUT2D eigenvalue weighted by molar-refractivity contribution is 6.01. The topological polar surface area (TPSA) is 91.0 Å². The van der Waals surface area contributed by atoms with Crippen LogP contribution in [0.25, 0.3) is 44.5 Å². The number of anilines is 6. The Morgan fingerprint density at radius 2 is 0.627 bits per heavy atom. The quantitative estimate of drug-likeness (QED) is 0.163. The largest absolute Gasteiger partial charge is 0.453 e. The Hall–Kier alpha value is -9.24. The number of nitrogens with zero attached hydrogens (tertiary/aromatic N) is 4. The van der Waals surface area contributed by atoms with Gasteiger partial charge in [-0.1, -0.05) is 146 Å². The highest BCUT2D eigenvalue weighted by Crippen LogP contribution is 2.64. The van der Waals surface area contributed by atoms with E-state index in [2.05, 4.69) is 60.7 Å². The average molecular weight is 867 g/mol. The van der Waals surface area contributed by atoms with Gasteiger partial charge in [0.15, 0.2) is 34.5 Å². The van der Waals surface area contributed by atoms with Crippen LogP contribution in [0.15, 0.2) is 194 Å². The van der Waals surface area contributed by atoms with E-state index in [9.17, 15) is 10.5 Å². The number of rotatable bonds is 6. The first-order valence-electron chi connectivity index (χ1n) is 22.0. The fourth-order valence-corrected chi connectivity index (χ4v) is 9.37. The summed E-state index contributed by atoms with van der Waals surface area (Å²) in [5.74, 6) is 1.68. The van der Waals surface area contributed by atoms with Crippen LogP contribution >= 0.6 is 0 Å². The van der Waals surface area contributed by atoms with Crippen LogP contribution in [0.1, 0.15) is 25.0 Å². The third kappa shape index (κ3) is 6.59. The molecule has 0 saturated heterocycles. The molecule has 0 radical (unpaired) electrons. The third-order valence-electron chi connectivity index (χ3n) is 12.4. The van der Waals surface area contributed by atoms with Gasteiger partial charge in [0.05, 0.1) is 22.7 Å². The van der Waals surface area contributed by atoms with E-state index in [4.69, 9.17) is 18.9 Å². The Kier molecular flexibility index (Phi) is 9.10. The molecule has 0 unspecified atom stereocenters. The number of hydrogen-bond donors (Lipinski definition) is 0. The molecule has 0 aromatic heterocycles. The molecule has 3 heterocycles. The molecule has 8 heteroatoms. The average Bonchev–Trinajstić information content (AvgIpc) is 3.71. The van der Waals surface area contributed by atoms with Crippen LogP contribution in [0.2, 0.25) is 0 Å². The maximum absolute atomic E-state index is 11.5. The summed E-state index contributed by atoms with van der Waals surface area (Å²) in [4.78, 5) is 3.95. The van der Waals surface area contributed by atoms with Crippen LogP contribution in [0.5, 0.6) is 34.5 Å². The minimum absolute atomic E-state index is 0.104. The predicted molar refractivity (Wildman–Crippen MR) is 262 cm³/mol. The van der Waals surface area contributed by atoms with Crippen molar-refractivity contribution in [3.05, 3.63) is 205 Å². The van der Waals surface area contributed by atoms with Gasteiger partial charge in [0.2, 0.25) is 5.79 Å². The van der Waals surface area contributed by atoms with Crippen molar-refractivity contribution in [2.75, 3.05) is 9.80 Å². The lowest BCUT2D eigenvalue weighted by Gasteiger charge is -2.37. The Morgan fingerprint density at radius 1 is 0.358 bits per heavy atom. The summed E-state index contributed by atoms with van der Waals surface area (Å²) < 4.78 is 27.4.